The van der Waals surface area contributed by atoms with Gasteiger partial charge in [0.1, 0.15) is 6.29 Å². The van der Waals surface area contributed by atoms with Crippen molar-refractivity contribution < 1.29 is 4.79 Å². The molecule has 0 bridgehead atoms. The Labute approximate surface area is 62.2 Å². The Kier molecular flexibility index (Phi) is 3.44. The molecule has 1 saturated heterocycles. The zero-order valence-corrected chi connectivity index (χ0v) is 6.38. The average Bonchev–Trinajstić information content (AvgIpc) is 2.17. The van der Waals surface area contributed by atoms with Gasteiger partial charge in [-0.25, -0.2) is 0 Å². The van der Waals surface area contributed by atoms with E-state index in [0.717, 1.165) is 19.4 Å². The second-order valence-corrected chi connectivity index (χ2v) is 2.88. The molecule has 2 nitrogen and oxygen atoms in total. The number of rotatable bonds is 2. The molecule has 1 heterocycles. The lowest BCUT2D eigenvalue weighted by Gasteiger charge is -2.15. The van der Waals surface area contributed by atoms with E-state index in [2.05, 4.69) is 4.90 Å². The van der Waals surface area contributed by atoms with Crippen LogP contribution in [-0.2, 0) is 4.79 Å². The highest BCUT2D eigenvalue weighted by Crippen LogP contribution is 2.08. The van der Waals surface area contributed by atoms with Crippen molar-refractivity contribution in [3.05, 3.63) is 0 Å². The monoisotopic (exact) mass is 141 g/mol. The van der Waals surface area contributed by atoms with Crippen molar-refractivity contribution in [2.24, 2.45) is 0 Å². The van der Waals surface area contributed by atoms with Crippen LogP contribution in [0.25, 0.3) is 0 Å². The first kappa shape index (κ1) is 7.73. The second kappa shape index (κ2) is 4.45. The molecule has 1 aliphatic rings. The molecule has 0 N–H and O–H groups in total. The third-order valence-corrected chi connectivity index (χ3v) is 2.03. The van der Waals surface area contributed by atoms with E-state index in [9.17, 15) is 4.79 Å². The van der Waals surface area contributed by atoms with Crippen molar-refractivity contribution in [1.82, 2.24) is 4.90 Å². The summed E-state index contributed by atoms with van der Waals surface area (Å²) in [7, 11) is 0. The van der Waals surface area contributed by atoms with Crippen LogP contribution in [0.15, 0.2) is 0 Å². The fourth-order valence-electron chi connectivity index (χ4n) is 1.42. The molecule has 1 rings (SSSR count). The van der Waals surface area contributed by atoms with E-state index in [4.69, 9.17) is 0 Å². The minimum Gasteiger partial charge on any atom is -0.302 e. The highest BCUT2D eigenvalue weighted by molar-refractivity contribution is 5.51. The Hall–Kier alpha value is -0.370. The molecular weight excluding hydrogens is 126 g/mol. The largest absolute Gasteiger partial charge is 0.302 e. The number of carbonyl (C=O) groups is 1. The lowest BCUT2D eigenvalue weighted by Crippen LogP contribution is -2.26. The Morgan fingerprint density at radius 3 is 2.20 bits per heavy atom. The minimum absolute atomic E-state index is 0.639. The van der Waals surface area contributed by atoms with Crippen molar-refractivity contribution >= 4 is 6.29 Å². The molecule has 58 valence electrons. The third-order valence-electron chi connectivity index (χ3n) is 2.03. The van der Waals surface area contributed by atoms with Gasteiger partial charge in [0.2, 0.25) is 0 Å². The zero-order chi connectivity index (χ0) is 7.23. The fraction of sp³-hybridized carbons (Fsp3) is 0.875. The van der Waals surface area contributed by atoms with Crippen molar-refractivity contribution in [2.45, 2.75) is 25.7 Å². The van der Waals surface area contributed by atoms with Gasteiger partial charge >= 0.3 is 0 Å². The van der Waals surface area contributed by atoms with Gasteiger partial charge in [-0.2, -0.15) is 0 Å². The zero-order valence-electron chi connectivity index (χ0n) is 6.38. The summed E-state index contributed by atoms with van der Waals surface area (Å²) in [5, 5.41) is 0. The first-order valence-electron chi connectivity index (χ1n) is 4.09. The van der Waals surface area contributed by atoms with Gasteiger partial charge in [-0.05, 0) is 25.9 Å². The third kappa shape index (κ3) is 2.48. The van der Waals surface area contributed by atoms with Gasteiger partial charge in [0.05, 0.1) is 6.54 Å². The van der Waals surface area contributed by atoms with Crippen LogP contribution in [0.3, 0.4) is 0 Å². The molecule has 0 unspecified atom stereocenters. The van der Waals surface area contributed by atoms with E-state index in [0.29, 0.717) is 6.54 Å². The van der Waals surface area contributed by atoms with Gasteiger partial charge < -0.3 is 4.79 Å². The lowest BCUT2D eigenvalue weighted by molar-refractivity contribution is -0.108. The first-order valence-corrected chi connectivity index (χ1v) is 4.09. The van der Waals surface area contributed by atoms with Crippen molar-refractivity contribution in [1.29, 1.82) is 0 Å². The van der Waals surface area contributed by atoms with Crippen LogP contribution in [-0.4, -0.2) is 30.8 Å². The van der Waals surface area contributed by atoms with Gasteiger partial charge in [-0.3, -0.25) is 4.90 Å². The van der Waals surface area contributed by atoms with E-state index >= 15 is 0 Å². The number of hydrogen-bond donors (Lipinski definition) is 0. The molecule has 2 heteroatoms. The van der Waals surface area contributed by atoms with E-state index in [1.165, 1.54) is 25.7 Å². The maximum atomic E-state index is 10.1. The summed E-state index contributed by atoms with van der Waals surface area (Å²) in [5.74, 6) is 0. The standard InChI is InChI=1S/C8H15NO/c10-8-7-9-5-3-1-2-4-6-9/h8H,1-7H2. The normalized spacial score (nSPS) is 22.0. The van der Waals surface area contributed by atoms with Crippen LogP contribution < -0.4 is 0 Å². The highest BCUT2D eigenvalue weighted by atomic mass is 16.1. The van der Waals surface area contributed by atoms with Crippen LogP contribution >= 0.6 is 0 Å². The molecule has 10 heavy (non-hydrogen) atoms. The van der Waals surface area contributed by atoms with Crippen LogP contribution in [0.5, 0.6) is 0 Å². The molecular formula is C8H15NO. The van der Waals surface area contributed by atoms with E-state index in [1.807, 2.05) is 0 Å². The summed E-state index contributed by atoms with van der Waals surface area (Å²) in [6.45, 7) is 2.89. The van der Waals surface area contributed by atoms with E-state index in [-0.39, 0.29) is 0 Å². The number of aldehydes is 1. The molecule has 0 aromatic rings. The number of nitrogens with zero attached hydrogens (tertiary/aromatic N) is 1. The van der Waals surface area contributed by atoms with Crippen molar-refractivity contribution in [3.8, 4) is 0 Å². The molecule has 0 aliphatic carbocycles. The van der Waals surface area contributed by atoms with E-state index in [1.54, 1.807) is 0 Å². The maximum Gasteiger partial charge on any atom is 0.133 e. The molecule has 0 saturated carbocycles. The summed E-state index contributed by atoms with van der Waals surface area (Å²) in [6, 6.07) is 0. The predicted molar refractivity (Wildman–Crippen MR) is 41.0 cm³/mol. The van der Waals surface area contributed by atoms with E-state index < -0.39 is 0 Å². The molecule has 0 radical (unpaired) electrons. The summed E-state index contributed by atoms with van der Waals surface area (Å²) in [5.41, 5.74) is 0. The molecule has 0 spiro atoms. The van der Waals surface area contributed by atoms with Gasteiger partial charge in [-0.1, -0.05) is 12.8 Å². The Balaban J connectivity index is 2.21. The SMILES string of the molecule is O=CCN1CCCCCC1. The lowest BCUT2D eigenvalue weighted by atomic mass is 10.2. The Morgan fingerprint density at radius 2 is 1.70 bits per heavy atom. The fourth-order valence-corrected chi connectivity index (χ4v) is 1.42. The predicted octanol–water partition coefficient (Wildman–Crippen LogP) is 1.06. The smallest absolute Gasteiger partial charge is 0.133 e. The molecule has 0 atom stereocenters. The number of carbonyl (C=O) groups excluding carboxylic acids is 1. The number of likely N-dealkylation sites (tertiary alicyclic amines) is 1. The van der Waals surface area contributed by atoms with Crippen molar-refractivity contribution in [3.63, 3.8) is 0 Å². The van der Waals surface area contributed by atoms with Crippen LogP contribution in [0.1, 0.15) is 25.7 Å². The summed E-state index contributed by atoms with van der Waals surface area (Å²) >= 11 is 0. The highest BCUT2D eigenvalue weighted by Gasteiger charge is 2.06. The van der Waals surface area contributed by atoms with Gasteiger partial charge in [0.15, 0.2) is 0 Å². The topological polar surface area (TPSA) is 20.3 Å². The average molecular weight is 141 g/mol. The summed E-state index contributed by atoms with van der Waals surface area (Å²) in [4.78, 5) is 12.4. The number of hydrogen-bond acceptors (Lipinski definition) is 2. The Bertz CT molecular complexity index is 95.4. The molecule has 0 aromatic carbocycles. The Morgan fingerprint density at radius 1 is 1.10 bits per heavy atom. The summed E-state index contributed by atoms with van der Waals surface area (Å²) < 4.78 is 0. The summed E-state index contributed by atoms with van der Waals surface area (Å²) in [6.07, 6.45) is 6.23. The van der Waals surface area contributed by atoms with Crippen LogP contribution in [0.2, 0.25) is 0 Å². The molecule has 1 fully saturated rings. The van der Waals surface area contributed by atoms with Gasteiger partial charge in [0.25, 0.3) is 0 Å². The maximum absolute atomic E-state index is 10.1. The van der Waals surface area contributed by atoms with Crippen molar-refractivity contribution in [2.75, 3.05) is 19.6 Å². The van der Waals surface area contributed by atoms with Gasteiger partial charge in [0, 0.05) is 0 Å². The quantitative estimate of drug-likeness (QED) is 0.536. The molecule has 0 aromatic heterocycles. The van der Waals surface area contributed by atoms with Crippen LogP contribution in [0.4, 0.5) is 0 Å². The minimum atomic E-state index is 0.639. The molecule has 0 amide bonds. The van der Waals surface area contributed by atoms with Gasteiger partial charge in [-0.15, -0.1) is 0 Å². The molecule has 1 aliphatic heterocycles. The first-order chi connectivity index (χ1) is 4.93. The van der Waals surface area contributed by atoms with Crippen LogP contribution in [0, 0.1) is 0 Å². The second-order valence-electron chi connectivity index (χ2n) is 2.88.